The Kier molecular flexibility index (Phi) is 2.91. The quantitative estimate of drug-likeness (QED) is 0.726. The number of thioether (sulfide) groups is 1. The number of hydrogen-bond donors (Lipinski definition) is 0. The summed E-state index contributed by atoms with van der Waals surface area (Å²) in [6.45, 7) is 5.81. The topological polar surface area (TPSA) is 27.7 Å². The molecule has 4 aliphatic heterocycles. The van der Waals surface area contributed by atoms with Crippen LogP contribution in [0.2, 0.25) is 0 Å². The number of hydrogen-bond acceptors (Lipinski definition) is 4. The van der Waals surface area contributed by atoms with E-state index in [1.165, 1.54) is 24.3 Å². The highest BCUT2D eigenvalue weighted by Gasteiger charge is 2.57. The highest BCUT2D eigenvalue weighted by atomic mass is 32.2. The molecule has 0 amide bonds. The van der Waals surface area contributed by atoms with Crippen molar-refractivity contribution in [2.45, 2.75) is 12.8 Å². The van der Waals surface area contributed by atoms with Crippen molar-refractivity contribution in [3.8, 4) is 0 Å². The van der Waals surface area contributed by atoms with E-state index in [1.807, 2.05) is 0 Å². The predicted octanol–water partition coefficient (Wildman–Crippen LogP) is 1.81. The zero-order chi connectivity index (χ0) is 12.1. The fraction of sp³-hybridized carbons (Fsp3) is 1.00. The molecular formula is C14H22O3S. The maximum absolute atomic E-state index is 5.82. The highest BCUT2D eigenvalue weighted by Crippen LogP contribution is 2.55. The molecule has 0 N–H and O–H groups in total. The zero-order valence-electron chi connectivity index (χ0n) is 10.9. The fourth-order valence-electron chi connectivity index (χ4n) is 4.23. The first-order valence-corrected chi connectivity index (χ1v) is 8.31. The lowest BCUT2D eigenvalue weighted by Crippen LogP contribution is -2.62. The van der Waals surface area contributed by atoms with E-state index >= 15 is 0 Å². The molecule has 18 heavy (non-hydrogen) atoms. The van der Waals surface area contributed by atoms with Crippen LogP contribution in [-0.4, -0.2) is 51.1 Å². The lowest BCUT2D eigenvalue weighted by Gasteiger charge is -2.59. The van der Waals surface area contributed by atoms with Gasteiger partial charge in [-0.15, -0.1) is 0 Å². The summed E-state index contributed by atoms with van der Waals surface area (Å²) in [5.41, 5.74) is 0.933. The summed E-state index contributed by atoms with van der Waals surface area (Å²) in [6, 6.07) is 0. The third kappa shape index (κ3) is 1.62. The van der Waals surface area contributed by atoms with Crippen LogP contribution in [0.5, 0.6) is 0 Å². The monoisotopic (exact) mass is 270 g/mol. The van der Waals surface area contributed by atoms with E-state index in [0.717, 1.165) is 45.6 Å². The molecule has 2 unspecified atom stereocenters. The maximum Gasteiger partial charge on any atom is 0.0549 e. The van der Waals surface area contributed by atoms with Gasteiger partial charge in [-0.05, 0) is 36.2 Å². The van der Waals surface area contributed by atoms with Crippen LogP contribution in [0.3, 0.4) is 0 Å². The molecule has 0 aromatic rings. The van der Waals surface area contributed by atoms with Crippen LogP contribution in [0.25, 0.3) is 0 Å². The van der Waals surface area contributed by atoms with Crippen molar-refractivity contribution in [2.75, 3.05) is 51.1 Å². The molecule has 4 fully saturated rings. The molecule has 0 bridgehead atoms. The van der Waals surface area contributed by atoms with E-state index in [2.05, 4.69) is 11.8 Å². The Bertz CT molecular complexity index is 293. The van der Waals surface area contributed by atoms with Crippen molar-refractivity contribution in [1.82, 2.24) is 0 Å². The minimum atomic E-state index is 0.448. The summed E-state index contributed by atoms with van der Waals surface area (Å²) in [5.74, 6) is 4.11. The second-order valence-electron chi connectivity index (χ2n) is 6.57. The number of ether oxygens (including phenoxy) is 3. The zero-order valence-corrected chi connectivity index (χ0v) is 11.7. The Morgan fingerprint density at radius 1 is 0.833 bits per heavy atom. The molecule has 0 aliphatic carbocycles. The van der Waals surface area contributed by atoms with Gasteiger partial charge < -0.3 is 14.2 Å². The number of rotatable bonds is 1. The normalized spacial score (nSPS) is 41.3. The van der Waals surface area contributed by atoms with Crippen LogP contribution in [0.4, 0.5) is 0 Å². The van der Waals surface area contributed by atoms with E-state index in [0.29, 0.717) is 16.7 Å². The van der Waals surface area contributed by atoms with Gasteiger partial charge >= 0.3 is 0 Å². The van der Waals surface area contributed by atoms with E-state index in [1.54, 1.807) is 0 Å². The maximum atomic E-state index is 5.82. The van der Waals surface area contributed by atoms with Crippen LogP contribution < -0.4 is 0 Å². The van der Waals surface area contributed by atoms with Gasteiger partial charge in [-0.2, -0.15) is 11.8 Å². The molecule has 4 aliphatic rings. The minimum absolute atomic E-state index is 0.448. The Balaban J connectivity index is 1.59. The molecule has 4 heteroatoms. The standard InChI is InChI=1S/C14H22O3S/c1-3-15-5-11(13(1)7-16-8-13)12-6-18-4-2-14(12)9-17-10-14/h11-12H,1-10H2. The first kappa shape index (κ1) is 12.0. The average Bonchev–Trinajstić information content (AvgIpc) is 2.35. The minimum Gasteiger partial charge on any atom is -0.381 e. The summed E-state index contributed by atoms with van der Waals surface area (Å²) in [6.07, 6.45) is 2.55. The van der Waals surface area contributed by atoms with Crippen molar-refractivity contribution in [1.29, 1.82) is 0 Å². The van der Waals surface area contributed by atoms with Crippen LogP contribution in [0, 0.1) is 22.7 Å². The molecule has 0 radical (unpaired) electrons. The Labute approximate surface area is 113 Å². The summed E-state index contributed by atoms with van der Waals surface area (Å²) < 4.78 is 17.0. The van der Waals surface area contributed by atoms with Crippen molar-refractivity contribution in [3.63, 3.8) is 0 Å². The molecule has 4 heterocycles. The summed E-state index contributed by atoms with van der Waals surface area (Å²) in [4.78, 5) is 0. The van der Waals surface area contributed by atoms with Crippen molar-refractivity contribution >= 4 is 11.8 Å². The third-order valence-corrected chi connectivity index (χ3v) is 6.79. The van der Waals surface area contributed by atoms with Gasteiger partial charge in [-0.1, -0.05) is 0 Å². The molecule has 0 saturated carbocycles. The molecule has 2 spiro atoms. The summed E-state index contributed by atoms with van der Waals surface area (Å²) in [7, 11) is 0. The summed E-state index contributed by atoms with van der Waals surface area (Å²) in [5, 5.41) is 0. The average molecular weight is 270 g/mol. The van der Waals surface area contributed by atoms with E-state index in [9.17, 15) is 0 Å². The van der Waals surface area contributed by atoms with Gasteiger partial charge in [0.15, 0.2) is 0 Å². The third-order valence-electron chi connectivity index (χ3n) is 5.70. The predicted molar refractivity (Wildman–Crippen MR) is 70.9 cm³/mol. The van der Waals surface area contributed by atoms with Crippen molar-refractivity contribution in [2.24, 2.45) is 22.7 Å². The SMILES string of the molecule is C1CC2(COC2)C(C2CSCCC23COC3)CO1. The van der Waals surface area contributed by atoms with E-state index in [-0.39, 0.29) is 0 Å². The van der Waals surface area contributed by atoms with E-state index < -0.39 is 0 Å². The molecule has 102 valence electrons. The van der Waals surface area contributed by atoms with Gasteiger partial charge in [0, 0.05) is 17.4 Å². The first-order valence-electron chi connectivity index (χ1n) is 7.16. The first-order chi connectivity index (χ1) is 8.85. The molecule has 0 aromatic heterocycles. The molecule has 2 atom stereocenters. The van der Waals surface area contributed by atoms with Gasteiger partial charge in [0.05, 0.1) is 33.0 Å². The molecular weight excluding hydrogens is 248 g/mol. The second-order valence-corrected chi connectivity index (χ2v) is 7.72. The molecule has 4 rings (SSSR count). The largest absolute Gasteiger partial charge is 0.381 e. The Morgan fingerprint density at radius 2 is 1.56 bits per heavy atom. The van der Waals surface area contributed by atoms with Crippen LogP contribution in [0.1, 0.15) is 12.8 Å². The molecule has 3 nitrogen and oxygen atoms in total. The van der Waals surface area contributed by atoms with Gasteiger partial charge in [0.1, 0.15) is 0 Å². The van der Waals surface area contributed by atoms with Crippen molar-refractivity contribution in [3.05, 3.63) is 0 Å². The lowest BCUT2D eigenvalue weighted by molar-refractivity contribution is -0.238. The lowest BCUT2D eigenvalue weighted by atomic mass is 9.57. The van der Waals surface area contributed by atoms with Gasteiger partial charge in [0.2, 0.25) is 0 Å². The van der Waals surface area contributed by atoms with E-state index in [4.69, 9.17) is 14.2 Å². The van der Waals surface area contributed by atoms with Gasteiger partial charge in [0.25, 0.3) is 0 Å². The van der Waals surface area contributed by atoms with Crippen LogP contribution >= 0.6 is 11.8 Å². The fourth-order valence-corrected chi connectivity index (χ4v) is 5.78. The molecule has 0 aromatic carbocycles. The Hall–Kier alpha value is 0.230. The second kappa shape index (κ2) is 4.37. The van der Waals surface area contributed by atoms with Crippen molar-refractivity contribution < 1.29 is 14.2 Å². The summed E-state index contributed by atoms with van der Waals surface area (Å²) >= 11 is 2.13. The Morgan fingerprint density at radius 3 is 2.22 bits per heavy atom. The van der Waals surface area contributed by atoms with Gasteiger partial charge in [-0.3, -0.25) is 0 Å². The van der Waals surface area contributed by atoms with Crippen LogP contribution in [0.15, 0.2) is 0 Å². The highest BCUT2D eigenvalue weighted by molar-refractivity contribution is 7.99. The van der Waals surface area contributed by atoms with Gasteiger partial charge in [-0.25, -0.2) is 0 Å². The smallest absolute Gasteiger partial charge is 0.0549 e. The van der Waals surface area contributed by atoms with Crippen LogP contribution in [-0.2, 0) is 14.2 Å². The molecule has 4 saturated heterocycles.